The van der Waals surface area contributed by atoms with Crippen LogP contribution in [-0.4, -0.2) is 19.5 Å². The molecule has 82 valence electrons. The molecule has 0 saturated heterocycles. The van der Waals surface area contributed by atoms with E-state index in [4.69, 9.17) is 4.74 Å². The predicted molar refractivity (Wildman–Crippen MR) is 59.3 cm³/mol. The van der Waals surface area contributed by atoms with Gasteiger partial charge in [-0.1, -0.05) is 15.9 Å². The highest BCUT2D eigenvalue weighted by Gasteiger charge is 2.05. The van der Waals surface area contributed by atoms with E-state index >= 15 is 0 Å². The van der Waals surface area contributed by atoms with Crippen LogP contribution in [0.5, 0.6) is 0 Å². The topological polar surface area (TPSA) is 26.3 Å². The Morgan fingerprint density at radius 3 is 2.80 bits per heavy atom. The van der Waals surface area contributed by atoms with Gasteiger partial charge in [-0.2, -0.15) is 0 Å². The van der Waals surface area contributed by atoms with E-state index in [1.807, 2.05) is 0 Å². The first-order valence-electron chi connectivity index (χ1n) is 4.57. The van der Waals surface area contributed by atoms with Gasteiger partial charge in [0.15, 0.2) is 0 Å². The summed E-state index contributed by atoms with van der Waals surface area (Å²) in [7, 11) is 1.55. The Balaban J connectivity index is 2.60. The quantitative estimate of drug-likeness (QED) is 0.826. The highest BCUT2D eigenvalue weighted by Crippen LogP contribution is 2.15. The molecule has 1 rings (SSSR count). The van der Waals surface area contributed by atoms with Crippen molar-refractivity contribution in [3.05, 3.63) is 34.1 Å². The molecule has 15 heavy (non-hydrogen) atoms. The average molecular weight is 275 g/mol. The Morgan fingerprint density at radius 2 is 2.20 bits per heavy atom. The maximum atomic E-state index is 13.0. The molecule has 0 aliphatic rings. The molecule has 0 bridgehead atoms. The summed E-state index contributed by atoms with van der Waals surface area (Å²) in [6.07, 6.45) is 0.615. The number of carbonyl (C=O) groups is 1. The lowest BCUT2D eigenvalue weighted by Gasteiger charge is -2.02. The maximum Gasteiger partial charge on any atom is 0.139 e. The second kappa shape index (κ2) is 5.98. The van der Waals surface area contributed by atoms with E-state index in [1.165, 1.54) is 12.1 Å². The summed E-state index contributed by atoms with van der Waals surface area (Å²) < 4.78 is 18.4. The molecule has 0 aliphatic carbocycles. The first-order chi connectivity index (χ1) is 7.11. The Labute approximate surface area is 96.6 Å². The molecule has 1 aromatic rings. The van der Waals surface area contributed by atoms with Crippen LogP contribution in [0.3, 0.4) is 0 Å². The molecule has 1 aromatic carbocycles. The van der Waals surface area contributed by atoms with Crippen LogP contribution in [0.15, 0.2) is 22.7 Å². The van der Waals surface area contributed by atoms with E-state index in [1.54, 1.807) is 13.2 Å². The van der Waals surface area contributed by atoms with Crippen molar-refractivity contribution in [2.24, 2.45) is 0 Å². The summed E-state index contributed by atoms with van der Waals surface area (Å²) in [5, 5.41) is 0. The van der Waals surface area contributed by atoms with Gasteiger partial charge in [0.05, 0.1) is 6.61 Å². The van der Waals surface area contributed by atoms with Crippen molar-refractivity contribution in [2.45, 2.75) is 12.8 Å². The molecule has 0 aliphatic heterocycles. The molecular formula is C11H12BrFO2. The summed E-state index contributed by atoms with van der Waals surface area (Å²) in [5.74, 6) is -0.284. The van der Waals surface area contributed by atoms with Crippen LogP contribution >= 0.6 is 15.9 Å². The molecule has 0 amide bonds. The molecule has 2 nitrogen and oxygen atoms in total. The highest BCUT2D eigenvalue weighted by molar-refractivity contribution is 9.10. The zero-order valence-electron chi connectivity index (χ0n) is 8.43. The standard InChI is InChI=1S/C11H12BrFO2/c1-15-3-2-11(14)6-8-4-9(12)7-10(13)5-8/h4-5,7H,2-3,6H2,1H3. The largest absolute Gasteiger partial charge is 0.384 e. The number of methoxy groups -OCH3 is 1. The van der Waals surface area contributed by atoms with Crippen molar-refractivity contribution >= 4 is 21.7 Å². The van der Waals surface area contributed by atoms with E-state index in [-0.39, 0.29) is 18.0 Å². The molecule has 0 fully saturated rings. The number of rotatable bonds is 5. The molecular weight excluding hydrogens is 263 g/mol. The van der Waals surface area contributed by atoms with Gasteiger partial charge in [-0.15, -0.1) is 0 Å². The Kier molecular flexibility index (Phi) is 4.91. The van der Waals surface area contributed by atoms with E-state index < -0.39 is 0 Å². The third kappa shape index (κ3) is 4.53. The van der Waals surface area contributed by atoms with E-state index in [9.17, 15) is 9.18 Å². The summed E-state index contributed by atoms with van der Waals surface area (Å²) in [4.78, 5) is 11.4. The van der Waals surface area contributed by atoms with Crippen LogP contribution < -0.4 is 0 Å². The summed E-state index contributed by atoms with van der Waals surface area (Å²) in [6.45, 7) is 0.412. The van der Waals surface area contributed by atoms with Crippen LogP contribution in [-0.2, 0) is 16.0 Å². The fraction of sp³-hybridized carbons (Fsp3) is 0.364. The molecule has 0 spiro atoms. The summed E-state index contributed by atoms with van der Waals surface area (Å²) in [6, 6.07) is 4.48. The normalized spacial score (nSPS) is 10.3. The number of carbonyl (C=O) groups excluding carboxylic acids is 1. The van der Waals surface area contributed by atoms with E-state index in [0.29, 0.717) is 23.1 Å². The van der Waals surface area contributed by atoms with Crippen molar-refractivity contribution in [1.29, 1.82) is 0 Å². The minimum Gasteiger partial charge on any atom is -0.384 e. The Morgan fingerprint density at radius 1 is 1.47 bits per heavy atom. The summed E-state index contributed by atoms with van der Waals surface area (Å²) >= 11 is 3.18. The first-order valence-corrected chi connectivity index (χ1v) is 5.36. The van der Waals surface area contributed by atoms with Gasteiger partial charge >= 0.3 is 0 Å². The van der Waals surface area contributed by atoms with Crippen molar-refractivity contribution < 1.29 is 13.9 Å². The van der Waals surface area contributed by atoms with Gasteiger partial charge in [-0.05, 0) is 23.8 Å². The number of Topliss-reactive ketones (excluding diaryl/α,β-unsaturated/α-hetero) is 1. The zero-order valence-corrected chi connectivity index (χ0v) is 10.0. The highest BCUT2D eigenvalue weighted by atomic mass is 79.9. The maximum absolute atomic E-state index is 13.0. The summed E-state index contributed by atoms with van der Waals surface area (Å²) in [5.41, 5.74) is 0.683. The van der Waals surface area contributed by atoms with E-state index in [2.05, 4.69) is 15.9 Å². The van der Waals surface area contributed by atoms with Crippen LogP contribution in [0, 0.1) is 5.82 Å². The lowest BCUT2D eigenvalue weighted by molar-refractivity contribution is -0.119. The van der Waals surface area contributed by atoms with Gasteiger partial charge < -0.3 is 4.74 Å². The SMILES string of the molecule is COCCC(=O)Cc1cc(F)cc(Br)c1. The lowest BCUT2D eigenvalue weighted by atomic mass is 10.1. The monoisotopic (exact) mass is 274 g/mol. The fourth-order valence-electron chi connectivity index (χ4n) is 1.24. The molecule has 0 saturated carbocycles. The van der Waals surface area contributed by atoms with Gasteiger partial charge in [-0.25, -0.2) is 4.39 Å². The average Bonchev–Trinajstić information content (AvgIpc) is 2.13. The minimum absolute atomic E-state index is 0.0503. The van der Waals surface area contributed by atoms with Crippen LogP contribution in [0.1, 0.15) is 12.0 Å². The zero-order chi connectivity index (χ0) is 11.3. The molecule has 0 N–H and O–H groups in total. The van der Waals surface area contributed by atoms with Crippen molar-refractivity contribution in [3.8, 4) is 0 Å². The number of benzene rings is 1. The lowest BCUT2D eigenvalue weighted by Crippen LogP contribution is -2.06. The minimum atomic E-state index is -0.334. The number of ether oxygens (including phenoxy) is 1. The molecule has 0 unspecified atom stereocenters. The second-order valence-corrected chi connectivity index (χ2v) is 4.15. The van der Waals surface area contributed by atoms with Crippen LogP contribution in [0.2, 0.25) is 0 Å². The molecule has 0 radical (unpaired) electrons. The van der Waals surface area contributed by atoms with Crippen molar-refractivity contribution in [1.82, 2.24) is 0 Å². The number of hydrogen-bond acceptors (Lipinski definition) is 2. The smallest absolute Gasteiger partial charge is 0.139 e. The van der Waals surface area contributed by atoms with E-state index in [0.717, 1.165) is 0 Å². The molecule has 0 atom stereocenters. The third-order valence-electron chi connectivity index (χ3n) is 1.91. The number of ketones is 1. The van der Waals surface area contributed by atoms with Gasteiger partial charge in [0.2, 0.25) is 0 Å². The first kappa shape index (κ1) is 12.3. The molecule has 0 heterocycles. The van der Waals surface area contributed by atoms with Gasteiger partial charge in [0.1, 0.15) is 11.6 Å². The predicted octanol–water partition coefficient (Wildman–Crippen LogP) is 2.74. The van der Waals surface area contributed by atoms with Crippen LogP contribution in [0.4, 0.5) is 4.39 Å². The van der Waals surface area contributed by atoms with Gasteiger partial charge in [0.25, 0.3) is 0 Å². The van der Waals surface area contributed by atoms with Gasteiger partial charge in [0, 0.05) is 24.4 Å². The van der Waals surface area contributed by atoms with Crippen LogP contribution in [0.25, 0.3) is 0 Å². The van der Waals surface area contributed by atoms with Crippen molar-refractivity contribution in [2.75, 3.05) is 13.7 Å². The third-order valence-corrected chi connectivity index (χ3v) is 2.37. The Hall–Kier alpha value is -0.740. The molecule has 4 heteroatoms. The Bertz CT molecular complexity index is 332. The fourth-order valence-corrected chi connectivity index (χ4v) is 1.76. The van der Waals surface area contributed by atoms with Crippen molar-refractivity contribution in [3.63, 3.8) is 0 Å². The molecule has 0 aromatic heterocycles. The number of hydrogen-bond donors (Lipinski definition) is 0. The second-order valence-electron chi connectivity index (χ2n) is 3.24. The van der Waals surface area contributed by atoms with Gasteiger partial charge in [-0.3, -0.25) is 4.79 Å². The number of halogens is 2.